The van der Waals surface area contributed by atoms with Crippen LogP contribution in [0.25, 0.3) is 33.3 Å². The zero-order chi connectivity index (χ0) is 25.1. The molecular weight excluding hydrogens is 465 g/mol. The van der Waals surface area contributed by atoms with E-state index < -0.39 is 11.6 Å². The Balaban J connectivity index is 1.55. The van der Waals surface area contributed by atoms with Crippen molar-refractivity contribution in [1.82, 2.24) is 24.9 Å². The molecule has 2 fully saturated rings. The standard InChI is InChI=1S/C27H29F3N6/c1-26(2,27(28,29)30)21-13-18-17(9-10-32-23(18)34-21)24-33-20-15-31-14-19(16-7-6-8-16)22(20)25(35-24)36-11-4-3-5-12-36/h9-10,13-16H,3-8,11-12H2,1-2H3,(H,32,34). The Kier molecular flexibility index (Phi) is 5.42. The minimum Gasteiger partial charge on any atom is -0.356 e. The van der Waals surface area contributed by atoms with Crippen molar-refractivity contribution in [1.29, 1.82) is 0 Å². The topological polar surface area (TPSA) is 70.6 Å². The van der Waals surface area contributed by atoms with Crippen molar-refractivity contribution in [3.05, 3.63) is 42.0 Å². The fourth-order valence-corrected chi connectivity index (χ4v) is 5.28. The lowest BCUT2D eigenvalue weighted by atomic mass is 9.79. The number of H-pyrrole nitrogens is 1. The summed E-state index contributed by atoms with van der Waals surface area (Å²) in [6, 6.07) is 3.33. The van der Waals surface area contributed by atoms with Crippen molar-refractivity contribution < 1.29 is 13.2 Å². The zero-order valence-electron chi connectivity index (χ0n) is 20.5. The molecule has 1 saturated heterocycles. The number of alkyl halides is 3. The first kappa shape index (κ1) is 23.2. The normalized spacial score (nSPS) is 17.6. The molecule has 36 heavy (non-hydrogen) atoms. The third-order valence-electron chi connectivity index (χ3n) is 7.97. The molecule has 1 aliphatic heterocycles. The molecule has 6 nitrogen and oxygen atoms in total. The van der Waals surface area contributed by atoms with Crippen molar-refractivity contribution >= 4 is 27.8 Å². The number of nitrogens with zero attached hydrogens (tertiary/aromatic N) is 5. The molecule has 2 aliphatic rings. The summed E-state index contributed by atoms with van der Waals surface area (Å²) in [6.45, 7) is 4.20. The van der Waals surface area contributed by atoms with Gasteiger partial charge in [-0.05, 0) is 69.6 Å². The molecule has 9 heteroatoms. The second-order valence-electron chi connectivity index (χ2n) is 10.6. The Morgan fingerprint density at radius 1 is 1.00 bits per heavy atom. The van der Waals surface area contributed by atoms with Crippen molar-refractivity contribution in [3.63, 3.8) is 0 Å². The number of fused-ring (bicyclic) bond motifs is 2. The molecule has 0 amide bonds. The monoisotopic (exact) mass is 494 g/mol. The molecule has 0 unspecified atom stereocenters. The lowest BCUT2D eigenvalue weighted by molar-refractivity contribution is -0.181. The smallest absolute Gasteiger partial charge is 0.356 e. The predicted molar refractivity (Wildman–Crippen MR) is 134 cm³/mol. The Bertz CT molecular complexity index is 1430. The molecular formula is C27H29F3N6. The second kappa shape index (κ2) is 8.42. The lowest BCUT2D eigenvalue weighted by Crippen LogP contribution is -2.36. The fourth-order valence-electron chi connectivity index (χ4n) is 5.28. The van der Waals surface area contributed by atoms with Crippen LogP contribution in [0.3, 0.4) is 0 Å². The number of aromatic nitrogens is 5. The van der Waals surface area contributed by atoms with Crippen molar-refractivity contribution in [2.24, 2.45) is 0 Å². The van der Waals surface area contributed by atoms with Gasteiger partial charge in [0.25, 0.3) is 0 Å². The maximum Gasteiger partial charge on any atom is 0.399 e. The van der Waals surface area contributed by atoms with Gasteiger partial charge in [0, 0.05) is 47.5 Å². The summed E-state index contributed by atoms with van der Waals surface area (Å²) in [5, 5.41) is 1.65. The SMILES string of the molecule is CC(C)(c1cc2c(-c3nc(N4CCCCC4)c4c(C5CCC5)cncc4n3)ccnc2[nH]1)C(F)(F)F. The third-order valence-corrected chi connectivity index (χ3v) is 7.97. The highest BCUT2D eigenvalue weighted by atomic mass is 19.4. The van der Waals surface area contributed by atoms with Crippen LogP contribution in [-0.2, 0) is 5.41 Å². The first-order valence-corrected chi connectivity index (χ1v) is 12.7. The second-order valence-corrected chi connectivity index (χ2v) is 10.6. The van der Waals surface area contributed by atoms with Gasteiger partial charge in [-0.2, -0.15) is 13.2 Å². The molecule has 0 aromatic carbocycles. The Morgan fingerprint density at radius 3 is 2.47 bits per heavy atom. The van der Waals surface area contributed by atoms with Crippen LogP contribution in [0.15, 0.2) is 30.7 Å². The van der Waals surface area contributed by atoms with Crippen LogP contribution in [-0.4, -0.2) is 44.2 Å². The van der Waals surface area contributed by atoms with E-state index in [1.165, 1.54) is 32.3 Å². The number of rotatable bonds is 4. The summed E-state index contributed by atoms with van der Waals surface area (Å²) in [6.07, 6.45) is 7.87. The lowest BCUT2D eigenvalue weighted by Gasteiger charge is -2.32. The minimum atomic E-state index is -4.40. The van der Waals surface area contributed by atoms with Crippen LogP contribution >= 0.6 is 0 Å². The van der Waals surface area contributed by atoms with Gasteiger partial charge in [0.05, 0.1) is 11.7 Å². The molecule has 0 spiro atoms. The van der Waals surface area contributed by atoms with Gasteiger partial charge in [-0.3, -0.25) is 4.98 Å². The van der Waals surface area contributed by atoms with Gasteiger partial charge in [0.15, 0.2) is 5.82 Å². The number of aromatic amines is 1. The van der Waals surface area contributed by atoms with Gasteiger partial charge in [0.1, 0.15) is 16.9 Å². The third kappa shape index (κ3) is 3.71. The van der Waals surface area contributed by atoms with E-state index in [9.17, 15) is 13.2 Å². The van der Waals surface area contributed by atoms with E-state index in [0.29, 0.717) is 28.3 Å². The van der Waals surface area contributed by atoms with Gasteiger partial charge in [-0.25, -0.2) is 15.0 Å². The first-order chi connectivity index (χ1) is 17.2. The van der Waals surface area contributed by atoms with Crippen molar-refractivity contribution in [2.45, 2.75) is 69.9 Å². The number of halogens is 3. The molecule has 4 aromatic rings. The van der Waals surface area contributed by atoms with Crippen LogP contribution in [0.4, 0.5) is 19.0 Å². The van der Waals surface area contributed by atoms with Gasteiger partial charge in [-0.15, -0.1) is 0 Å². The van der Waals surface area contributed by atoms with E-state index in [1.807, 2.05) is 6.20 Å². The highest BCUT2D eigenvalue weighted by Crippen LogP contribution is 2.44. The van der Waals surface area contributed by atoms with E-state index in [1.54, 1.807) is 24.5 Å². The molecule has 0 atom stereocenters. The summed E-state index contributed by atoms with van der Waals surface area (Å²) in [5.41, 5.74) is 1.06. The fraction of sp³-hybridized carbons (Fsp3) is 0.481. The van der Waals surface area contributed by atoms with Gasteiger partial charge < -0.3 is 9.88 Å². The summed E-state index contributed by atoms with van der Waals surface area (Å²) in [7, 11) is 0. The molecule has 6 rings (SSSR count). The molecule has 5 heterocycles. The van der Waals surface area contributed by atoms with Gasteiger partial charge >= 0.3 is 6.18 Å². The van der Waals surface area contributed by atoms with Crippen LogP contribution in [0.2, 0.25) is 0 Å². The Labute approximate surface area is 207 Å². The number of pyridine rings is 2. The molecule has 188 valence electrons. The average molecular weight is 495 g/mol. The minimum absolute atomic E-state index is 0.0657. The van der Waals surface area contributed by atoms with Crippen LogP contribution in [0.1, 0.15) is 69.5 Å². The summed E-state index contributed by atoms with van der Waals surface area (Å²) in [4.78, 5) is 24.1. The van der Waals surface area contributed by atoms with E-state index in [4.69, 9.17) is 9.97 Å². The number of hydrogen-bond acceptors (Lipinski definition) is 5. The number of nitrogens with one attached hydrogen (secondary N) is 1. The van der Waals surface area contributed by atoms with Gasteiger partial charge in [-0.1, -0.05) is 6.42 Å². The van der Waals surface area contributed by atoms with Crippen LogP contribution in [0.5, 0.6) is 0 Å². The maximum atomic E-state index is 13.8. The molecule has 1 aliphatic carbocycles. The maximum absolute atomic E-state index is 13.8. The molecule has 0 radical (unpaired) electrons. The molecule has 4 aromatic heterocycles. The number of anilines is 1. The van der Waals surface area contributed by atoms with E-state index in [-0.39, 0.29) is 5.69 Å². The largest absolute Gasteiger partial charge is 0.399 e. The average Bonchev–Trinajstić information content (AvgIpc) is 3.28. The van der Waals surface area contributed by atoms with Gasteiger partial charge in [0.2, 0.25) is 0 Å². The molecule has 1 saturated carbocycles. The molecule has 1 N–H and O–H groups in total. The Morgan fingerprint density at radius 2 is 1.78 bits per heavy atom. The van der Waals surface area contributed by atoms with E-state index in [0.717, 1.165) is 55.5 Å². The summed E-state index contributed by atoms with van der Waals surface area (Å²) >= 11 is 0. The summed E-state index contributed by atoms with van der Waals surface area (Å²) < 4.78 is 41.3. The number of hydrogen-bond donors (Lipinski definition) is 1. The highest BCUT2D eigenvalue weighted by molar-refractivity contribution is 5.97. The van der Waals surface area contributed by atoms with Crippen molar-refractivity contribution in [3.8, 4) is 11.4 Å². The quantitative estimate of drug-likeness (QED) is 0.343. The van der Waals surface area contributed by atoms with E-state index in [2.05, 4.69) is 19.9 Å². The zero-order valence-corrected chi connectivity index (χ0v) is 20.5. The highest BCUT2D eigenvalue weighted by Gasteiger charge is 2.49. The van der Waals surface area contributed by atoms with Crippen molar-refractivity contribution in [2.75, 3.05) is 18.0 Å². The van der Waals surface area contributed by atoms with E-state index >= 15 is 0 Å². The number of piperidine rings is 1. The first-order valence-electron chi connectivity index (χ1n) is 12.7. The molecule has 0 bridgehead atoms. The van der Waals surface area contributed by atoms with Crippen LogP contribution < -0.4 is 4.90 Å². The Hall–Kier alpha value is -3.23. The predicted octanol–water partition coefficient (Wildman–Crippen LogP) is 6.67. The summed E-state index contributed by atoms with van der Waals surface area (Å²) in [5.74, 6) is 1.87. The van der Waals surface area contributed by atoms with Crippen LogP contribution in [0, 0.1) is 0 Å².